The quantitative estimate of drug-likeness (QED) is 0.432. The van der Waals surface area contributed by atoms with Gasteiger partial charge in [0.15, 0.2) is 0 Å². The molecule has 5 nitrogen and oxygen atoms in total. The van der Waals surface area contributed by atoms with Gasteiger partial charge in [0, 0.05) is 5.69 Å². The van der Waals surface area contributed by atoms with Gasteiger partial charge in [-0.3, -0.25) is 4.72 Å². The average molecular weight is 426 g/mol. The van der Waals surface area contributed by atoms with Crippen LogP contribution >= 0.6 is 0 Å². The molecule has 3 aromatic rings. The minimum Gasteiger partial charge on any atom is -0.494 e. The summed E-state index contributed by atoms with van der Waals surface area (Å²) in [6, 6.07) is 21.4. The molecule has 0 aliphatic carbocycles. The van der Waals surface area contributed by atoms with Crippen molar-refractivity contribution in [2.45, 2.75) is 38.2 Å². The van der Waals surface area contributed by atoms with Crippen molar-refractivity contribution in [2.24, 2.45) is 0 Å². The molecule has 0 saturated carbocycles. The fraction of sp³-hybridized carbons (Fsp3) is 0.250. The Hall–Kier alpha value is -2.99. The van der Waals surface area contributed by atoms with Gasteiger partial charge in [-0.15, -0.1) is 0 Å². The third-order valence-corrected chi connectivity index (χ3v) is 5.93. The van der Waals surface area contributed by atoms with Gasteiger partial charge in [-0.1, -0.05) is 43.2 Å². The fourth-order valence-corrected chi connectivity index (χ4v) is 3.79. The lowest BCUT2D eigenvalue weighted by Gasteiger charge is -2.11. The van der Waals surface area contributed by atoms with E-state index in [1.807, 2.05) is 31.2 Å². The van der Waals surface area contributed by atoms with E-state index in [-0.39, 0.29) is 4.90 Å². The first-order valence-electron chi connectivity index (χ1n) is 10.0. The van der Waals surface area contributed by atoms with Crippen molar-refractivity contribution >= 4 is 15.7 Å². The summed E-state index contributed by atoms with van der Waals surface area (Å²) in [7, 11) is -3.61. The molecule has 30 heavy (non-hydrogen) atoms. The topological polar surface area (TPSA) is 64.6 Å². The normalized spacial score (nSPS) is 11.1. The van der Waals surface area contributed by atoms with Crippen LogP contribution < -0.4 is 14.2 Å². The van der Waals surface area contributed by atoms with Crippen molar-refractivity contribution < 1.29 is 17.9 Å². The lowest BCUT2D eigenvalue weighted by Crippen LogP contribution is -2.12. The summed E-state index contributed by atoms with van der Waals surface area (Å²) in [4.78, 5) is 0.232. The second-order valence-corrected chi connectivity index (χ2v) is 8.76. The van der Waals surface area contributed by atoms with E-state index < -0.39 is 10.0 Å². The van der Waals surface area contributed by atoms with Crippen molar-refractivity contribution in [1.82, 2.24) is 0 Å². The Morgan fingerprint density at radius 3 is 2.03 bits per heavy atom. The Morgan fingerprint density at radius 1 is 0.800 bits per heavy atom. The first-order valence-corrected chi connectivity index (χ1v) is 11.5. The zero-order chi connectivity index (χ0) is 21.4. The first kappa shape index (κ1) is 21.7. The van der Waals surface area contributed by atoms with Gasteiger partial charge in [0.25, 0.3) is 10.0 Å². The summed E-state index contributed by atoms with van der Waals surface area (Å²) < 4.78 is 39.0. The largest absolute Gasteiger partial charge is 0.494 e. The zero-order valence-electron chi connectivity index (χ0n) is 17.3. The van der Waals surface area contributed by atoms with E-state index in [1.165, 1.54) is 0 Å². The highest BCUT2D eigenvalue weighted by Gasteiger charge is 2.13. The summed E-state index contributed by atoms with van der Waals surface area (Å²) >= 11 is 0. The smallest absolute Gasteiger partial charge is 0.261 e. The van der Waals surface area contributed by atoms with E-state index in [1.54, 1.807) is 48.5 Å². The van der Waals surface area contributed by atoms with Gasteiger partial charge in [0.2, 0.25) is 0 Å². The van der Waals surface area contributed by atoms with Gasteiger partial charge in [0.05, 0.1) is 11.5 Å². The number of benzene rings is 3. The molecule has 0 bridgehead atoms. The molecule has 0 fully saturated rings. The molecule has 0 amide bonds. The summed E-state index contributed by atoms with van der Waals surface area (Å²) in [5.41, 5.74) is 2.52. The predicted molar refractivity (Wildman–Crippen MR) is 120 cm³/mol. The lowest BCUT2D eigenvalue weighted by molar-refractivity contribution is 0.302. The van der Waals surface area contributed by atoms with Gasteiger partial charge in [-0.25, -0.2) is 8.42 Å². The molecule has 0 spiro atoms. The summed E-state index contributed by atoms with van der Waals surface area (Å²) in [6.07, 6.45) is 2.15. The highest BCUT2D eigenvalue weighted by Crippen LogP contribution is 2.21. The summed E-state index contributed by atoms with van der Waals surface area (Å²) in [6.45, 7) is 5.20. The van der Waals surface area contributed by atoms with Crippen LogP contribution in [0.1, 0.15) is 30.9 Å². The maximum atomic E-state index is 12.5. The number of rotatable bonds is 10. The second kappa shape index (κ2) is 10.2. The Kier molecular flexibility index (Phi) is 7.36. The number of anilines is 1. The Balaban J connectivity index is 1.54. The van der Waals surface area contributed by atoms with Crippen LogP contribution in [0, 0.1) is 6.92 Å². The number of sulfonamides is 1. The van der Waals surface area contributed by atoms with Gasteiger partial charge in [0.1, 0.15) is 18.1 Å². The molecule has 0 aromatic heterocycles. The molecule has 158 valence electrons. The van der Waals surface area contributed by atoms with Crippen LogP contribution in [-0.4, -0.2) is 15.0 Å². The van der Waals surface area contributed by atoms with Crippen molar-refractivity contribution in [1.29, 1.82) is 0 Å². The van der Waals surface area contributed by atoms with Gasteiger partial charge >= 0.3 is 0 Å². The van der Waals surface area contributed by atoms with Crippen LogP contribution in [0.25, 0.3) is 0 Å². The van der Waals surface area contributed by atoms with E-state index >= 15 is 0 Å². The standard InChI is InChI=1S/C24H27NO4S/c1-3-4-17-28-22-11-7-20(8-12-22)18-29-23-13-9-21(10-14-23)25-30(26,27)24-15-5-19(2)6-16-24/h5-16,25H,3-4,17-18H2,1-2H3. The minimum absolute atomic E-state index is 0.232. The van der Waals surface area contributed by atoms with Gasteiger partial charge < -0.3 is 9.47 Å². The highest BCUT2D eigenvalue weighted by atomic mass is 32.2. The molecule has 0 saturated heterocycles. The van der Waals surface area contributed by atoms with E-state index in [9.17, 15) is 8.42 Å². The third-order valence-electron chi connectivity index (χ3n) is 4.53. The predicted octanol–water partition coefficient (Wildman–Crippen LogP) is 5.55. The van der Waals surface area contributed by atoms with E-state index in [2.05, 4.69) is 11.6 Å². The zero-order valence-corrected chi connectivity index (χ0v) is 18.1. The van der Waals surface area contributed by atoms with Crippen LogP contribution in [0.15, 0.2) is 77.7 Å². The molecule has 0 aliphatic rings. The monoisotopic (exact) mass is 425 g/mol. The molecule has 0 unspecified atom stereocenters. The van der Waals surface area contributed by atoms with Gasteiger partial charge in [-0.05, 0) is 67.4 Å². The Bertz CT molecular complexity index is 1030. The number of hydrogen-bond donors (Lipinski definition) is 1. The Labute approximate surface area is 178 Å². The molecular formula is C24H27NO4S. The number of unbranched alkanes of at least 4 members (excludes halogenated alkanes) is 1. The number of ether oxygens (including phenoxy) is 2. The van der Waals surface area contributed by atoms with E-state index in [0.717, 1.165) is 36.3 Å². The van der Waals surface area contributed by atoms with Crippen LogP contribution in [0.3, 0.4) is 0 Å². The lowest BCUT2D eigenvalue weighted by atomic mass is 10.2. The van der Waals surface area contributed by atoms with Crippen LogP contribution in [0.5, 0.6) is 11.5 Å². The molecule has 0 radical (unpaired) electrons. The summed E-state index contributed by atoms with van der Waals surface area (Å²) in [5, 5.41) is 0. The SMILES string of the molecule is CCCCOc1ccc(COc2ccc(NS(=O)(=O)c3ccc(C)cc3)cc2)cc1. The first-order chi connectivity index (χ1) is 14.5. The minimum atomic E-state index is -3.61. The Morgan fingerprint density at radius 2 is 1.40 bits per heavy atom. The van der Waals surface area contributed by atoms with Crippen molar-refractivity contribution in [3.8, 4) is 11.5 Å². The molecule has 6 heteroatoms. The third kappa shape index (κ3) is 6.26. The molecule has 3 aromatic carbocycles. The van der Waals surface area contributed by atoms with Crippen LogP contribution in [0.4, 0.5) is 5.69 Å². The van der Waals surface area contributed by atoms with E-state index in [0.29, 0.717) is 18.0 Å². The number of nitrogens with one attached hydrogen (secondary N) is 1. The maximum absolute atomic E-state index is 12.5. The maximum Gasteiger partial charge on any atom is 0.261 e. The van der Waals surface area contributed by atoms with Crippen molar-refractivity contribution in [3.05, 3.63) is 83.9 Å². The highest BCUT2D eigenvalue weighted by molar-refractivity contribution is 7.92. The molecule has 1 N–H and O–H groups in total. The molecule has 0 heterocycles. The summed E-state index contributed by atoms with van der Waals surface area (Å²) in [5.74, 6) is 1.52. The molecule has 0 atom stereocenters. The average Bonchev–Trinajstić information content (AvgIpc) is 2.74. The van der Waals surface area contributed by atoms with Gasteiger partial charge in [-0.2, -0.15) is 0 Å². The fourth-order valence-electron chi connectivity index (χ4n) is 2.73. The van der Waals surface area contributed by atoms with Crippen LogP contribution in [-0.2, 0) is 16.6 Å². The molecule has 3 rings (SSSR count). The number of hydrogen-bond acceptors (Lipinski definition) is 4. The number of aryl methyl sites for hydroxylation is 1. The second-order valence-electron chi connectivity index (χ2n) is 7.08. The molecular weight excluding hydrogens is 398 g/mol. The molecule has 0 aliphatic heterocycles. The van der Waals surface area contributed by atoms with Crippen molar-refractivity contribution in [3.63, 3.8) is 0 Å². The van der Waals surface area contributed by atoms with Crippen LogP contribution in [0.2, 0.25) is 0 Å². The van der Waals surface area contributed by atoms with Crippen molar-refractivity contribution in [2.75, 3.05) is 11.3 Å². The van der Waals surface area contributed by atoms with E-state index in [4.69, 9.17) is 9.47 Å².